The van der Waals surface area contributed by atoms with E-state index in [-0.39, 0.29) is 34.0 Å². The Labute approximate surface area is 156 Å². The third kappa shape index (κ3) is 3.62. The molecular formula is C19H21FN2O3S. The average molecular weight is 376 g/mol. The predicted molar refractivity (Wildman–Crippen MR) is 98.2 cm³/mol. The van der Waals surface area contributed by atoms with Crippen molar-refractivity contribution in [1.29, 1.82) is 0 Å². The lowest BCUT2D eigenvalue weighted by molar-refractivity contribution is -0.130. The molecule has 5 nitrogen and oxygen atoms in total. The first-order chi connectivity index (χ1) is 12.5. The van der Waals surface area contributed by atoms with Crippen LogP contribution in [-0.2, 0) is 4.79 Å². The summed E-state index contributed by atoms with van der Waals surface area (Å²) in [7, 11) is 0. The summed E-state index contributed by atoms with van der Waals surface area (Å²) in [5.41, 5.74) is 0.496. The molecule has 1 fully saturated rings. The number of nitrogens with zero attached hydrogens (tertiary/aromatic N) is 2. The highest BCUT2D eigenvalue weighted by Crippen LogP contribution is 2.43. The molecule has 1 aromatic carbocycles. The molecule has 0 spiro atoms. The maximum Gasteiger partial charge on any atom is 0.289 e. The van der Waals surface area contributed by atoms with E-state index in [0.717, 1.165) is 0 Å². The molecule has 0 aliphatic carbocycles. The molecule has 0 N–H and O–H groups in total. The smallest absolute Gasteiger partial charge is 0.289 e. The van der Waals surface area contributed by atoms with E-state index in [9.17, 15) is 14.0 Å². The largest absolute Gasteiger partial charge is 0.459 e. The molecule has 1 aromatic heterocycles. The summed E-state index contributed by atoms with van der Waals surface area (Å²) in [6.07, 6.45) is 1.46. The molecule has 138 valence electrons. The minimum atomic E-state index is -0.379. The Morgan fingerprint density at radius 3 is 2.73 bits per heavy atom. The highest BCUT2D eigenvalue weighted by Gasteiger charge is 2.39. The Hall–Kier alpha value is -2.28. The van der Waals surface area contributed by atoms with Gasteiger partial charge >= 0.3 is 0 Å². The minimum absolute atomic E-state index is 0.0373. The van der Waals surface area contributed by atoms with Gasteiger partial charge in [0.25, 0.3) is 5.91 Å². The molecule has 7 heteroatoms. The predicted octanol–water partition coefficient (Wildman–Crippen LogP) is 3.54. The Balaban J connectivity index is 1.74. The minimum Gasteiger partial charge on any atom is -0.459 e. The summed E-state index contributed by atoms with van der Waals surface area (Å²) < 4.78 is 19.4. The number of amides is 2. The van der Waals surface area contributed by atoms with Gasteiger partial charge in [0.15, 0.2) is 5.76 Å². The van der Waals surface area contributed by atoms with Crippen molar-refractivity contribution in [1.82, 2.24) is 9.80 Å². The van der Waals surface area contributed by atoms with Gasteiger partial charge in [-0.1, -0.05) is 18.2 Å². The summed E-state index contributed by atoms with van der Waals surface area (Å²) in [5, 5.41) is -0.619. The lowest BCUT2D eigenvalue weighted by Gasteiger charge is -2.28. The molecule has 2 aromatic rings. The van der Waals surface area contributed by atoms with Gasteiger partial charge in [0.2, 0.25) is 5.91 Å². The highest BCUT2D eigenvalue weighted by atomic mass is 32.2. The second-order valence-electron chi connectivity index (χ2n) is 6.05. The van der Waals surface area contributed by atoms with Gasteiger partial charge in [0.1, 0.15) is 11.2 Å². The van der Waals surface area contributed by atoms with Gasteiger partial charge in [0, 0.05) is 25.2 Å². The van der Waals surface area contributed by atoms with Crippen molar-refractivity contribution in [2.75, 3.05) is 19.6 Å². The number of halogens is 1. The third-order valence-corrected chi connectivity index (χ3v) is 5.81. The Kier molecular flexibility index (Phi) is 5.66. The van der Waals surface area contributed by atoms with Crippen LogP contribution in [0.25, 0.3) is 0 Å². The number of benzene rings is 1. The summed E-state index contributed by atoms with van der Waals surface area (Å²) in [6, 6.07) is 9.79. The van der Waals surface area contributed by atoms with Crippen LogP contribution in [0.1, 0.15) is 35.3 Å². The number of rotatable bonds is 6. The highest BCUT2D eigenvalue weighted by molar-refractivity contribution is 8.01. The standard InChI is InChI=1S/C19H21FN2O3S/c1-3-21(18(24)16-9-6-12-25-16)10-11-22-17(23)13(2)26-19(22)14-7-4-5-8-15(14)20/h4-9,12-13,19H,3,10-11H2,1-2H3/t13-,19-/m0/s1. The molecule has 0 unspecified atom stereocenters. The van der Waals surface area contributed by atoms with Crippen LogP contribution >= 0.6 is 11.8 Å². The average Bonchev–Trinajstić information content (AvgIpc) is 3.26. The third-order valence-electron chi connectivity index (χ3n) is 4.43. The zero-order valence-electron chi connectivity index (χ0n) is 14.7. The van der Waals surface area contributed by atoms with Crippen LogP contribution in [0.2, 0.25) is 0 Å². The fourth-order valence-corrected chi connectivity index (χ4v) is 4.34. The zero-order valence-corrected chi connectivity index (χ0v) is 15.5. The van der Waals surface area contributed by atoms with Crippen LogP contribution in [0.5, 0.6) is 0 Å². The maximum absolute atomic E-state index is 14.2. The van der Waals surface area contributed by atoms with Crippen LogP contribution in [0.3, 0.4) is 0 Å². The fourth-order valence-electron chi connectivity index (χ4n) is 3.01. The van der Waals surface area contributed by atoms with Gasteiger partial charge in [-0.05, 0) is 32.0 Å². The lowest BCUT2D eigenvalue weighted by atomic mass is 10.2. The van der Waals surface area contributed by atoms with E-state index in [0.29, 0.717) is 25.2 Å². The molecule has 0 saturated carbocycles. The number of carbonyl (C=O) groups excluding carboxylic acids is 2. The van der Waals surface area contributed by atoms with Crippen molar-refractivity contribution in [3.8, 4) is 0 Å². The van der Waals surface area contributed by atoms with Crippen molar-refractivity contribution in [2.45, 2.75) is 24.5 Å². The molecule has 0 radical (unpaired) electrons. The van der Waals surface area contributed by atoms with Gasteiger partial charge in [-0.15, -0.1) is 11.8 Å². The summed E-state index contributed by atoms with van der Waals surface area (Å²) >= 11 is 1.43. The second kappa shape index (κ2) is 7.95. The summed E-state index contributed by atoms with van der Waals surface area (Å²) in [6.45, 7) is 4.90. The number of likely N-dealkylation sites (N-methyl/N-ethyl adjacent to an activating group) is 1. The van der Waals surface area contributed by atoms with Gasteiger partial charge in [-0.3, -0.25) is 9.59 Å². The quantitative estimate of drug-likeness (QED) is 0.774. The number of hydrogen-bond acceptors (Lipinski definition) is 4. The molecule has 2 atom stereocenters. The van der Waals surface area contributed by atoms with Crippen LogP contribution in [0.4, 0.5) is 4.39 Å². The number of furan rings is 1. The Bertz CT molecular complexity index is 781. The van der Waals surface area contributed by atoms with E-state index in [1.807, 2.05) is 13.8 Å². The van der Waals surface area contributed by atoms with Crippen LogP contribution in [0, 0.1) is 5.82 Å². The topological polar surface area (TPSA) is 53.8 Å². The first kappa shape index (κ1) is 18.5. The molecule has 0 bridgehead atoms. The SMILES string of the molecule is CCN(CCN1C(=O)[C@H](C)S[C@H]1c1ccccc1F)C(=O)c1ccco1. The van der Waals surface area contributed by atoms with Crippen molar-refractivity contribution in [3.05, 3.63) is 59.8 Å². The Morgan fingerprint density at radius 2 is 2.08 bits per heavy atom. The molecule has 1 aliphatic heterocycles. The zero-order chi connectivity index (χ0) is 18.7. The van der Waals surface area contributed by atoms with Crippen LogP contribution in [0.15, 0.2) is 47.1 Å². The normalized spacial score (nSPS) is 19.8. The first-order valence-corrected chi connectivity index (χ1v) is 9.50. The van der Waals surface area contributed by atoms with E-state index < -0.39 is 0 Å². The van der Waals surface area contributed by atoms with E-state index in [2.05, 4.69) is 0 Å². The molecule has 1 saturated heterocycles. The summed E-state index contributed by atoms with van der Waals surface area (Å²) in [5.74, 6) is -0.305. The molecule has 2 heterocycles. The number of carbonyl (C=O) groups is 2. The monoisotopic (exact) mass is 376 g/mol. The van der Waals surface area contributed by atoms with Crippen LogP contribution in [-0.4, -0.2) is 46.5 Å². The van der Waals surface area contributed by atoms with Gasteiger partial charge < -0.3 is 14.2 Å². The number of thioether (sulfide) groups is 1. The van der Waals surface area contributed by atoms with Gasteiger partial charge in [0.05, 0.1) is 11.5 Å². The van der Waals surface area contributed by atoms with E-state index >= 15 is 0 Å². The second-order valence-corrected chi connectivity index (χ2v) is 7.47. The fraction of sp³-hybridized carbons (Fsp3) is 0.368. The van der Waals surface area contributed by atoms with E-state index in [4.69, 9.17) is 4.42 Å². The van der Waals surface area contributed by atoms with Crippen molar-refractivity contribution < 1.29 is 18.4 Å². The molecule has 3 rings (SSSR count). The van der Waals surface area contributed by atoms with E-state index in [1.54, 1.807) is 40.1 Å². The van der Waals surface area contributed by atoms with Gasteiger partial charge in [-0.2, -0.15) is 0 Å². The van der Waals surface area contributed by atoms with Crippen LogP contribution < -0.4 is 0 Å². The molecule has 26 heavy (non-hydrogen) atoms. The van der Waals surface area contributed by atoms with Crippen molar-refractivity contribution in [3.63, 3.8) is 0 Å². The summed E-state index contributed by atoms with van der Waals surface area (Å²) in [4.78, 5) is 28.3. The van der Waals surface area contributed by atoms with Gasteiger partial charge in [-0.25, -0.2) is 4.39 Å². The van der Waals surface area contributed by atoms with Crippen molar-refractivity contribution >= 4 is 23.6 Å². The first-order valence-electron chi connectivity index (χ1n) is 8.56. The maximum atomic E-state index is 14.2. The lowest BCUT2D eigenvalue weighted by Crippen LogP contribution is -2.40. The van der Waals surface area contributed by atoms with Crippen molar-refractivity contribution in [2.24, 2.45) is 0 Å². The number of hydrogen-bond donors (Lipinski definition) is 0. The molecule has 2 amide bonds. The van der Waals surface area contributed by atoms with E-state index in [1.165, 1.54) is 24.1 Å². The Morgan fingerprint density at radius 1 is 1.31 bits per heavy atom. The molecule has 1 aliphatic rings. The molecular weight excluding hydrogens is 355 g/mol.